The molecule has 1 aromatic heterocycles. The first-order valence-corrected chi connectivity index (χ1v) is 10.9. The zero-order valence-corrected chi connectivity index (χ0v) is 18.3. The van der Waals surface area contributed by atoms with Gasteiger partial charge in [0.1, 0.15) is 22.2 Å². The van der Waals surface area contributed by atoms with Crippen LogP contribution < -0.4 is 10.7 Å². The van der Waals surface area contributed by atoms with Crippen LogP contribution in [0.5, 0.6) is 5.75 Å². The molecule has 1 saturated heterocycles. The van der Waals surface area contributed by atoms with Gasteiger partial charge in [-0.2, -0.15) is 0 Å². The number of amides is 2. The number of pyridine rings is 1. The number of halogens is 3. The second-order valence-corrected chi connectivity index (χ2v) is 8.96. The van der Waals surface area contributed by atoms with Crippen LogP contribution in [0, 0.1) is 11.6 Å². The largest absolute Gasteiger partial charge is 0.503 e. The Labute approximate surface area is 191 Å². The summed E-state index contributed by atoms with van der Waals surface area (Å²) in [5, 5.41) is 12.3. The molecule has 11 heteroatoms. The number of nitrogens with one attached hydrogen (secondary N) is 1. The lowest BCUT2D eigenvalue weighted by Crippen LogP contribution is -2.58. The maximum Gasteiger partial charge on any atom is 0.277 e. The van der Waals surface area contributed by atoms with Gasteiger partial charge in [0.15, 0.2) is 17.2 Å². The summed E-state index contributed by atoms with van der Waals surface area (Å²) in [7, 11) is 0. The molecule has 33 heavy (non-hydrogen) atoms. The van der Waals surface area contributed by atoms with E-state index in [4.69, 9.17) is 16.3 Å². The highest BCUT2D eigenvalue weighted by Gasteiger charge is 2.60. The Morgan fingerprint density at radius 3 is 2.88 bits per heavy atom. The number of nitrogens with zero attached hydrogens (tertiary/aromatic N) is 2. The Hall–Kier alpha value is -2.98. The predicted molar refractivity (Wildman–Crippen MR) is 112 cm³/mol. The second-order valence-electron chi connectivity index (χ2n) is 8.58. The van der Waals surface area contributed by atoms with Crippen LogP contribution in [-0.4, -0.2) is 44.8 Å². The first kappa shape index (κ1) is 21.8. The number of aromatic nitrogens is 1. The van der Waals surface area contributed by atoms with Crippen LogP contribution in [-0.2, 0) is 11.3 Å². The standard InChI is InChI=1S/C22H20ClF2N3O5/c1-10-9-33-22-6-2-3-14(22)27-8-12(18(29)19(30)17(27)21(32)28(10)22)20(31)26-7-11-4-5-13(24)15(23)16(11)25/h4-5,8,10,14,30H,2-3,6-7,9H2,1H3,(H,26,31)/t10-,14+,22+/m1/s1. The van der Waals surface area contributed by atoms with Crippen molar-refractivity contribution in [2.75, 3.05) is 6.61 Å². The third kappa shape index (κ3) is 3.00. The summed E-state index contributed by atoms with van der Waals surface area (Å²) in [6.07, 6.45) is 3.25. The van der Waals surface area contributed by atoms with Crippen molar-refractivity contribution in [2.45, 2.75) is 50.5 Å². The maximum atomic E-state index is 14.1. The highest BCUT2D eigenvalue weighted by molar-refractivity contribution is 6.30. The number of hydrogen-bond acceptors (Lipinski definition) is 5. The summed E-state index contributed by atoms with van der Waals surface area (Å²) in [5.74, 6) is -4.18. The monoisotopic (exact) mass is 479 g/mol. The minimum atomic E-state index is -1.02. The van der Waals surface area contributed by atoms with E-state index in [1.807, 2.05) is 6.92 Å². The maximum absolute atomic E-state index is 14.1. The predicted octanol–water partition coefficient (Wildman–Crippen LogP) is 2.71. The summed E-state index contributed by atoms with van der Waals surface area (Å²) >= 11 is 5.56. The quantitative estimate of drug-likeness (QED) is 0.659. The van der Waals surface area contributed by atoms with Crippen molar-refractivity contribution in [3.05, 3.63) is 62.0 Å². The van der Waals surface area contributed by atoms with E-state index in [9.17, 15) is 28.3 Å². The summed E-state index contributed by atoms with van der Waals surface area (Å²) in [6.45, 7) is 1.81. The van der Waals surface area contributed by atoms with Gasteiger partial charge in [-0.1, -0.05) is 17.7 Å². The van der Waals surface area contributed by atoms with Crippen LogP contribution in [0.15, 0.2) is 23.1 Å². The molecule has 1 aliphatic carbocycles. The van der Waals surface area contributed by atoms with Gasteiger partial charge in [0.05, 0.1) is 18.7 Å². The Balaban J connectivity index is 1.52. The smallest absolute Gasteiger partial charge is 0.277 e. The molecule has 0 bridgehead atoms. The number of aromatic hydroxyl groups is 1. The average Bonchev–Trinajstić information content (AvgIpc) is 3.36. The third-order valence-corrected chi connectivity index (χ3v) is 7.07. The zero-order valence-electron chi connectivity index (χ0n) is 17.5. The summed E-state index contributed by atoms with van der Waals surface area (Å²) in [5.41, 5.74) is -2.55. The molecule has 2 N–H and O–H groups in total. The van der Waals surface area contributed by atoms with Crippen molar-refractivity contribution in [2.24, 2.45) is 0 Å². The molecule has 5 rings (SSSR count). The van der Waals surface area contributed by atoms with E-state index in [-0.39, 0.29) is 29.9 Å². The fraction of sp³-hybridized carbons (Fsp3) is 0.409. The van der Waals surface area contributed by atoms with E-state index in [1.165, 1.54) is 10.8 Å². The number of fused-ring (bicyclic) bond motifs is 2. The highest BCUT2D eigenvalue weighted by Crippen LogP contribution is 2.52. The number of benzene rings is 1. The molecule has 3 atom stereocenters. The number of carbonyl (C=O) groups excluding carboxylic acids is 2. The molecule has 1 aromatic carbocycles. The fourth-order valence-corrected chi connectivity index (χ4v) is 5.41. The van der Waals surface area contributed by atoms with Gasteiger partial charge in [-0.05, 0) is 32.3 Å². The Kier molecular flexibility index (Phi) is 4.98. The minimum Gasteiger partial charge on any atom is -0.503 e. The molecule has 8 nitrogen and oxygen atoms in total. The van der Waals surface area contributed by atoms with Gasteiger partial charge in [-0.3, -0.25) is 14.4 Å². The molecular formula is C22H20ClF2N3O5. The number of carbonyl (C=O) groups is 2. The van der Waals surface area contributed by atoms with Crippen LogP contribution in [0.1, 0.15) is 58.6 Å². The van der Waals surface area contributed by atoms with Crippen LogP contribution in [0.3, 0.4) is 0 Å². The molecule has 3 aliphatic rings. The van der Waals surface area contributed by atoms with E-state index >= 15 is 0 Å². The van der Waals surface area contributed by atoms with Crippen molar-refractivity contribution < 1.29 is 28.2 Å². The van der Waals surface area contributed by atoms with Crippen LogP contribution >= 0.6 is 11.6 Å². The lowest BCUT2D eigenvalue weighted by Gasteiger charge is -2.45. The van der Waals surface area contributed by atoms with E-state index in [0.717, 1.165) is 18.6 Å². The summed E-state index contributed by atoms with van der Waals surface area (Å²) < 4.78 is 35.0. The van der Waals surface area contributed by atoms with E-state index in [1.54, 1.807) is 4.90 Å². The van der Waals surface area contributed by atoms with Crippen molar-refractivity contribution in [3.63, 3.8) is 0 Å². The van der Waals surface area contributed by atoms with Crippen molar-refractivity contribution >= 4 is 23.4 Å². The molecule has 2 aromatic rings. The SMILES string of the molecule is C[C@@H]1CO[C@@]23CCC[C@@H]2n2cc(C(=O)NCc4ccc(F)c(Cl)c4F)c(=O)c(O)c2C(=O)N13. The number of ether oxygens (including phenoxy) is 1. The first-order chi connectivity index (χ1) is 15.7. The van der Waals surface area contributed by atoms with Crippen molar-refractivity contribution in [3.8, 4) is 5.75 Å². The van der Waals surface area contributed by atoms with E-state index in [0.29, 0.717) is 19.4 Å². The fourth-order valence-electron chi connectivity index (χ4n) is 5.23. The van der Waals surface area contributed by atoms with Gasteiger partial charge in [0.2, 0.25) is 5.43 Å². The van der Waals surface area contributed by atoms with E-state index in [2.05, 4.69) is 5.32 Å². The van der Waals surface area contributed by atoms with Gasteiger partial charge >= 0.3 is 0 Å². The second kappa shape index (κ2) is 7.53. The van der Waals surface area contributed by atoms with Gasteiger partial charge in [-0.25, -0.2) is 8.78 Å². The average molecular weight is 480 g/mol. The minimum absolute atomic E-state index is 0.0778. The number of hydrogen-bond donors (Lipinski definition) is 2. The Morgan fingerprint density at radius 2 is 2.12 bits per heavy atom. The Bertz CT molecular complexity index is 1270. The molecule has 174 valence electrons. The zero-order chi connectivity index (χ0) is 23.7. The molecule has 1 saturated carbocycles. The third-order valence-electron chi connectivity index (χ3n) is 6.72. The summed E-state index contributed by atoms with van der Waals surface area (Å²) in [6, 6.07) is 1.50. The highest BCUT2D eigenvalue weighted by atomic mass is 35.5. The van der Waals surface area contributed by atoms with Crippen molar-refractivity contribution in [1.82, 2.24) is 14.8 Å². The Morgan fingerprint density at radius 1 is 1.36 bits per heavy atom. The lowest BCUT2D eigenvalue weighted by atomic mass is 9.98. The molecular weight excluding hydrogens is 460 g/mol. The molecule has 2 fully saturated rings. The molecule has 2 amide bonds. The summed E-state index contributed by atoms with van der Waals surface area (Å²) in [4.78, 5) is 40.4. The molecule has 0 radical (unpaired) electrons. The van der Waals surface area contributed by atoms with E-state index < -0.39 is 50.9 Å². The van der Waals surface area contributed by atoms with Crippen LogP contribution in [0.2, 0.25) is 5.02 Å². The van der Waals surface area contributed by atoms with Crippen LogP contribution in [0.4, 0.5) is 8.78 Å². The topological polar surface area (TPSA) is 101 Å². The van der Waals surface area contributed by atoms with Gasteiger partial charge in [0, 0.05) is 18.3 Å². The van der Waals surface area contributed by atoms with Crippen LogP contribution in [0.25, 0.3) is 0 Å². The molecule has 0 unspecified atom stereocenters. The molecule has 1 spiro atoms. The van der Waals surface area contributed by atoms with Crippen molar-refractivity contribution in [1.29, 1.82) is 0 Å². The lowest BCUT2D eigenvalue weighted by molar-refractivity contribution is -0.101. The first-order valence-electron chi connectivity index (χ1n) is 10.5. The number of rotatable bonds is 3. The molecule has 2 aliphatic heterocycles. The normalized spacial score (nSPS) is 25.6. The molecule has 3 heterocycles. The van der Waals surface area contributed by atoms with Gasteiger partial charge < -0.3 is 24.6 Å². The van der Waals surface area contributed by atoms with Gasteiger partial charge in [-0.15, -0.1) is 0 Å². The van der Waals surface area contributed by atoms with Gasteiger partial charge in [0.25, 0.3) is 11.8 Å².